The van der Waals surface area contributed by atoms with E-state index in [1.807, 2.05) is 0 Å². The Kier molecular flexibility index (Phi) is 5.58. The van der Waals surface area contributed by atoms with Gasteiger partial charge in [0.05, 0.1) is 13.2 Å². The third-order valence-corrected chi connectivity index (χ3v) is 3.40. The summed E-state index contributed by atoms with van der Waals surface area (Å²) in [6.07, 6.45) is 2.26. The van der Waals surface area contributed by atoms with Crippen molar-refractivity contribution >= 4 is 0 Å². The normalized spacial score (nSPS) is 25.8. The average Bonchev–Trinajstić information content (AvgIpc) is 2.72. The van der Waals surface area contributed by atoms with Gasteiger partial charge in [0.1, 0.15) is 0 Å². The summed E-state index contributed by atoms with van der Waals surface area (Å²) in [6, 6.07) is 0.711. The molecule has 2 N–H and O–H groups in total. The van der Waals surface area contributed by atoms with Crippen LogP contribution < -0.4 is 5.32 Å². The molecule has 0 aliphatic carbocycles. The lowest BCUT2D eigenvalue weighted by molar-refractivity contribution is 0.156. The second-order valence-corrected chi connectivity index (χ2v) is 4.84. The standard InChI is InChI=1S/C12H25NO2/c1-4-11(10-5-6-15-8-10)13-12(7-14)9(2)3/h9-14H,4-8H2,1-3H3/t10?,11?,12-/m1/s1. The van der Waals surface area contributed by atoms with Crippen LogP contribution in [0.4, 0.5) is 0 Å². The van der Waals surface area contributed by atoms with Gasteiger partial charge in [0, 0.05) is 18.7 Å². The van der Waals surface area contributed by atoms with Gasteiger partial charge in [-0.3, -0.25) is 0 Å². The largest absolute Gasteiger partial charge is 0.395 e. The van der Waals surface area contributed by atoms with Crippen LogP contribution in [0.5, 0.6) is 0 Å². The van der Waals surface area contributed by atoms with E-state index in [1.54, 1.807) is 0 Å². The van der Waals surface area contributed by atoms with Crippen molar-refractivity contribution in [1.82, 2.24) is 5.32 Å². The van der Waals surface area contributed by atoms with Crippen LogP contribution in [-0.2, 0) is 4.74 Å². The van der Waals surface area contributed by atoms with E-state index in [-0.39, 0.29) is 12.6 Å². The van der Waals surface area contributed by atoms with Crippen molar-refractivity contribution in [3.8, 4) is 0 Å². The van der Waals surface area contributed by atoms with E-state index in [1.165, 1.54) is 0 Å². The number of hydrogen-bond acceptors (Lipinski definition) is 3. The Morgan fingerprint density at radius 2 is 2.20 bits per heavy atom. The van der Waals surface area contributed by atoms with Gasteiger partial charge >= 0.3 is 0 Å². The van der Waals surface area contributed by atoms with Gasteiger partial charge in [-0.15, -0.1) is 0 Å². The van der Waals surface area contributed by atoms with Gasteiger partial charge in [0.25, 0.3) is 0 Å². The van der Waals surface area contributed by atoms with Crippen LogP contribution in [0, 0.1) is 11.8 Å². The van der Waals surface area contributed by atoms with E-state index < -0.39 is 0 Å². The van der Waals surface area contributed by atoms with Crippen LogP contribution in [0.3, 0.4) is 0 Å². The maximum atomic E-state index is 9.29. The highest BCUT2D eigenvalue weighted by Gasteiger charge is 2.26. The zero-order valence-corrected chi connectivity index (χ0v) is 10.2. The number of ether oxygens (including phenoxy) is 1. The first-order valence-electron chi connectivity index (χ1n) is 6.13. The molecule has 0 bridgehead atoms. The van der Waals surface area contributed by atoms with E-state index in [4.69, 9.17) is 4.74 Å². The lowest BCUT2D eigenvalue weighted by Crippen LogP contribution is -2.47. The Bertz CT molecular complexity index is 167. The first kappa shape index (κ1) is 12.9. The van der Waals surface area contributed by atoms with Gasteiger partial charge in [-0.25, -0.2) is 0 Å². The summed E-state index contributed by atoms with van der Waals surface area (Å²) >= 11 is 0. The minimum absolute atomic E-state index is 0.218. The smallest absolute Gasteiger partial charge is 0.0587 e. The Labute approximate surface area is 93.2 Å². The van der Waals surface area contributed by atoms with Crippen LogP contribution in [0.25, 0.3) is 0 Å². The SMILES string of the molecule is CCC(N[C@H](CO)C(C)C)C1CCOC1. The van der Waals surface area contributed by atoms with Crippen molar-refractivity contribution in [2.75, 3.05) is 19.8 Å². The van der Waals surface area contributed by atoms with Crippen molar-refractivity contribution in [2.24, 2.45) is 11.8 Å². The fourth-order valence-electron chi connectivity index (χ4n) is 2.19. The Morgan fingerprint density at radius 1 is 1.47 bits per heavy atom. The average molecular weight is 215 g/mol. The van der Waals surface area contributed by atoms with Gasteiger partial charge in [0.15, 0.2) is 0 Å². The Hall–Kier alpha value is -0.120. The highest BCUT2D eigenvalue weighted by atomic mass is 16.5. The van der Waals surface area contributed by atoms with Gasteiger partial charge in [-0.05, 0) is 24.7 Å². The molecule has 0 saturated carbocycles. The molecule has 0 aromatic heterocycles. The fraction of sp³-hybridized carbons (Fsp3) is 1.00. The van der Waals surface area contributed by atoms with Crippen molar-refractivity contribution in [1.29, 1.82) is 0 Å². The van der Waals surface area contributed by atoms with Gasteiger partial charge in [-0.1, -0.05) is 20.8 Å². The lowest BCUT2D eigenvalue weighted by atomic mass is 9.94. The van der Waals surface area contributed by atoms with Gasteiger partial charge in [-0.2, -0.15) is 0 Å². The zero-order chi connectivity index (χ0) is 11.3. The molecule has 90 valence electrons. The molecule has 3 atom stereocenters. The van der Waals surface area contributed by atoms with E-state index in [9.17, 15) is 5.11 Å². The third kappa shape index (κ3) is 3.74. The Morgan fingerprint density at radius 3 is 2.60 bits per heavy atom. The topological polar surface area (TPSA) is 41.5 Å². The maximum Gasteiger partial charge on any atom is 0.0587 e. The lowest BCUT2D eigenvalue weighted by Gasteiger charge is -2.29. The molecule has 1 rings (SSSR count). The van der Waals surface area contributed by atoms with E-state index in [0.717, 1.165) is 26.1 Å². The molecule has 0 amide bonds. The highest BCUT2D eigenvalue weighted by molar-refractivity contribution is 4.82. The molecule has 1 aliphatic heterocycles. The molecule has 3 heteroatoms. The van der Waals surface area contributed by atoms with E-state index >= 15 is 0 Å². The van der Waals surface area contributed by atoms with Crippen molar-refractivity contribution < 1.29 is 9.84 Å². The molecule has 0 aromatic rings. The number of nitrogens with one attached hydrogen (secondary N) is 1. The number of hydrogen-bond donors (Lipinski definition) is 2. The molecule has 1 fully saturated rings. The molecule has 2 unspecified atom stereocenters. The van der Waals surface area contributed by atoms with Crippen LogP contribution in [0.2, 0.25) is 0 Å². The summed E-state index contributed by atoms with van der Waals surface area (Å²) in [4.78, 5) is 0. The molecule has 0 spiro atoms. The first-order chi connectivity index (χ1) is 7.19. The summed E-state index contributed by atoms with van der Waals surface area (Å²) in [5.74, 6) is 1.11. The molecular weight excluding hydrogens is 190 g/mol. The highest BCUT2D eigenvalue weighted by Crippen LogP contribution is 2.20. The minimum Gasteiger partial charge on any atom is -0.395 e. The van der Waals surface area contributed by atoms with Gasteiger partial charge < -0.3 is 15.2 Å². The molecule has 0 aromatic carbocycles. The number of rotatable bonds is 6. The second kappa shape index (κ2) is 6.46. The van der Waals surface area contributed by atoms with Crippen LogP contribution in [0.1, 0.15) is 33.6 Å². The second-order valence-electron chi connectivity index (χ2n) is 4.84. The number of aliphatic hydroxyl groups excluding tert-OH is 1. The zero-order valence-electron chi connectivity index (χ0n) is 10.2. The van der Waals surface area contributed by atoms with Crippen molar-refractivity contribution in [3.63, 3.8) is 0 Å². The predicted octanol–water partition coefficient (Wildman–Crippen LogP) is 1.41. The maximum absolute atomic E-state index is 9.29. The van der Waals surface area contributed by atoms with E-state index in [0.29, 0.717) is 17.9 Å². The van der Waals surface area contributed by atoms with Crippen LogP contribution >= 0.6 is 0 Å². The molecule has 1 saturated heterocycles. The van der Waals surface area contributed by atoms with Crippen LogP contribution in [0.15, 0.2) is 0 Å². The third-order valence-electron chi connectivity index (χ3n) is 3.40. The molecule has 1 aliphatic rings. The first-order valence-corrected chi connectivity index (χ1v) is 6.13. The summed E-state index contributed by atoms with van der Waals surface area (Å²) in [5.41, 5.74) is 0. The molecule has 1 heterocycles. The van der Waals surface area contributed by atoms with Crippen LogP contribution in [-0.4, -0.2) is 37.0 Å². The number of aliphatic hydroxyl groups is 1. The monoisotopic (exact) mass is 215 g/mol. The predicted molar refractivity (Wildman–Crippen MR) is 61.9 cm³/mol. The van der Waals surface area contributed by atoms with Crippen molar-refractivity contribution in [3.05, 3.63) is 0 Å². The minimum atomic E-state index is 0.218. The molecule has 15 heavy (non-hydrogen) atoms. The fourth-order valence-corrected chi connectivity index (χ4v) is 2.19. The quantitative estimate of drug-likeness (QED) is 0.704. The molecular formula is C12H25NO2. The molecule has 3 nitrogen and oxygen atoms in total. The summed E-state index contributed by atoms with van der Waals surface area (Å²) in [6.45, 7) is 8.49. The van der Waals surface area contributed by atoms with Gasteiger partial charge in [0.2, 0.25) is 0 Å². The van der Waals surface area contributed by atoms with Crippen molar-refractivity contribution in [2.45, 2.75) is 45.7 Å². The summed E-state index contributed by atoms with van der Waals surface area (Å²) < 4.78 is 5.41. The molecule has 0 radical (unpaired) electrons. The summed E-state index contributed by atoms with van der Waals surface area (Å²) in [5, 5.41) is 12.9. The van der Waals surface area contributed by atoms with E-state index in [2.05, 4.69) is 26.1 Å². The summed E-state index contributed by atoms with van der Waals surface area (Å²) in [7, 11) is 0. The Balaban J connectivity index is 2.43.